The second kappa shape index (κ2) is 12.7. The van der Waals surface area contributed by atoms with E-state index in [1.807, 2.05) is 80.6 Å². The lowest BCUT2D eigenvalue weighted by atomic mass is 9.85. The van der Waals surface area contributed by atoms with Gasteiger partial charge in [-0.05, 0) is 37.3 Å². The van der Waals surface area contributed by atoms with E-state index in [0.29, 0.717) is 25.8 Å². The number of nitrogens with zero attached hydrogens (tertiary/aromatic N) is 2. The van der Waals surface area contributed by atoms with Crippen LogP contribution in [0.1, 0.15) is 49.3 Å². The number of allylic oxidation sites excluding steroid dienone is 2. The quantitative estimate of drug-likeness (QED) is 0.364. The molecule has 1 heterocycles. The van der Waals surface area contributed by atoms with Gasteiger partial charge in [0.2, 0.25) is 23.6 Å². The number of benzene rings is 2. The van der Waals surface area contributed by atoms with Crippen molar-refractivity contribution in [3.63, 3.8) is 0 Å². The molecule has 0 bridgehead atoms. The van der Waals surface area contributed by atoms with Gasteiger partial charge in [0.05, 0.1) is 11.8 Å². The number of likely N-dealkylation sites (tertiary alicyclic amines) is 1. The number of rotatable bonds is 11. The van der Waals surface area contributed by atoms with Gasteiger partial charge >= 0.3 is 0 Å². The first-order valence-corrected chi connectivity index (χ1v) is 13.6. The molecule has 1 aliphatic carbocycles. The van der Waals surface area contributed by atoms with Crippen LogP contribution in [-0.4, -0.2) is 52.6 Å². The van der Waals surface area contributed by atoms with Gasteiger partial charge in [0.15, 0.2) is 0 Å². The van der Waals surface area contributed by atoms with Crippen LogP contribution in [0.3, 0.4) is 0 Å². The molecule has 1 saturated heterocycles. The Balaban J connectivity index is 1.57. The number of hydrogen-bond acceptors (Lipinski definition) is 4. The number of hydrogen-bond donors (Lipinski definition) is 1. The van der Waals surface area contributed by atoms with Gasteiger partial charge in [0.1, 0.15) is 6.04 Å². The Morgan fingerprint density at radius 3 is 2.18 bits per heavy atom. The molecule has 0 radical (unpaired) electrons. The summed E-state index contributed by atoms with van der Waals surface area (Å²) in [6.45, 7) is 4.79. The Morgan fingerprint density at radius 2 is 1.58 bits per heavy atom. The Bertz CT molecular complexity index is 1150. The summed E-state index contributed by atoms with van der Waals surface area (Å²) in [5.74, 6) is -1.49. The van der Waals surface area contributed by atoms with E-state index in [2.05, 4.69) is 5.32 Å². The van der Waals surface area contributed by atoms with Crippen LogP contribution in [0.25, 0.3) is 0 Å². The number of imide groups is 1. The highest BCUT2D eigenvalue weighted by Gasteiger charge is 2.47. The number of carbonyl (C=O) groups is 4. The number of fused-ring (bicyclic) bond motifs is 1. The molecule has 0 spiro atoms. The van der Waals surface area contributed by atoms with Gasteiger partial charge in [-0.3, -0.25) is 24.1 Å². The Hall–Kier alpha value is -3.74. The largest absolute Gasteiger partial charge is 0.354 e. The van der Waals surface area contributed by atoms with E-state index in [-0.39, 0.29) is 55.0 Å². The van der Waals surface area contributed by atoms with Crippen molar-refractivity contribution in [2.24, 2.45) is 11.8 Å². The minimum atomic E-state index is -0.727. The highest BCUT2D eigenvalue weighted by Crippen LogP contribution is 2.35. The maximum absolute atomic E-state index is 13.8. The monoisotopic (exact) mass is 515 g/mol. The molecule has 2 aliphatic rings. The summed E-state index contributed by atoms with van der Waals surface area (Å²) in [5, 5.41) is 2.97. The predicted octanol–water partition coefficient (Wildman–Crippen LogP) is 3.80. The first-order valence-electron chi connectivity index (χ1n) is 13.6. The second-order valence-electron chi connectivity index (χ2n) is 10.2. The van der Waals surface area contributed by atoms with Gasteiger partial charge in [-0.1, -0.05) is 79.2 Å². The van der Waals surface area contributed by atoms with Crippen LogP contribution in [0, 0.1) is 18.8 Å². The molecule has 1 N–H and O–H groups in total. The Labute approximate surface area is 224 Å². The van der Waals surface area contributed by atoms with Crippen LogP contribution in [-0.2, 0) is 32.1 Å². The molecule has 1 aliphatic heterocycles. The maximum Gasteiger partial charge on any atom is 0.243 e. The Kier molecular flexibility index (Phi) is 9.10. The molecular formula is C31H37N3O4. The normalized spacial score (nSPS) is 19.3. The molecule has 0 aromatic heterocycles. The summed E-state index contributed by atoms with van der Waals surface area (Å²) in [7, 11) is 0. The molecule has 7 heteroatoms. The van der Waals surface area contributed by atoms with Crippen molar-refractivity contribution in [2.45, 2.75) is 58.5 Å². The minimum Gasteiger partial charge on any atom is -0.354 e. The van der Waals surface area contributed by atoms with Crippen LogP contribution < -0.4 is 5.32 Å². The highest BCUT2D eigenvalue weighted by molar-refractivity contribution is 6.05. The van der Waals surface area contributed by atoms with Crippen LogP contribution in [0.2, 0.25) is 0 Å². The number of carbonyl (C=O) groups excluding carboxylic acids is 4. The molecule has 1 fully saturated rings. The summed E-state index contributed by atoms with van der Waals surface area (Å²) in [5.41, 5.74) is 2.97. The smallest absolute Gasteiger partial charge is 0.243 e. The van der Waals surface area contributed by atoms with E-state index < -0.39 is 6.04 Å². The minimum absolute atomic E-state index is 0.0252. The molecule has 7 nitrogen and oxygen atoms in total. The lowest BCUT2D eigenvalue weighted by Crippen LogP contribution is -2.51. The summed E-state index contributed by atoms with van der Waals surface area (Å²) in [6.07, 6.45) is 6.16. The molecule has 0 saturated carbocycles. The fraction of sp³-hybridized carbons (Fsp3) is 0.419. The lowest BCUT2D eigenvalue weighted by molar-refractivity contribution is -0.144. The number of nitrogens with one attached hydrogen (secondary N) is 1. The van der Waals surface area contributed by atoms with Gasteiger partial charge in [0.25, 0.3) is 0 Å². The van der Waals surface area contributed by atoms with Gasteiger partial charge in [-0.15, -0.1) is 0 Å². The van der Waals surface area contributed by atoms with Gasteiger partial charge in [0, 0.05) is 32.5 Å². The predicted molar refractivity (Wildman–Crippen MR) is 146 cm³/mol. The van der Waals surface area contributed by atoms with E-state index in [4.69, 9.17) is 0 Å². The fourth-order valence-corrected chi connectivity index (χ4v) is 5.25. The average Bonchev–Trinajstić information content (AvgIpc) is 3.18. The molecule has 200 valence electrons. The first kappa shape index (κ1) is 27.3. The third-order valence-electron chi connectivity index (χ3n) is 7.44. The van der Waals surface area contributed by atoms with Crippen molar-refractivity contribution in [3.05, 3.63) is 83.4 Å². The lowest BCUT2D eigenvalue weighted by Gasteiger charge is -2.32. The summed E-state index contributed by atoms with van der Waals surface area (Å²) in [6, 6.07) is 16.8. The molecule has 0 unspecified atom stereocenters. The standard InChI is InChI=1S/C31H37N3O4/c1-3-18-32-29(36)27(20-23-9-5-4-6-10-23)34(21-24-15-13-22(2)14-16-24)28(35)17-19-33-30(37)25-11-7-8-12-26(25)31(33)38/h4-10,13-16,25-27H,3,11-12,17-21H2,1-2H3,(H,32,36)/t25-,26+,27-/m1/s1. The van der Waals surface area contributed by atoms with Crippen LogP contribution in [0.15, 0.2) is 66.7 Å². The summed E-state index contributed by atoms with van der Waals surface area (Å²) >= 11 is 0. The van der Waals surface area contributed by atoms with Gasteiger partial charge in [-0.25, -0.2) is 0 Å². The van der Waals surface area contributed by atoms with Crippen molar-refractivity contribution in [3.8, 4) is 0 Å². The summed E-state index contributed by atoms with van der Waals surface area (Å²) < 4.78 is 0. The van der Waals surface area contributed by atoms with Crippen molar-refractivity contribution in [2.75, 3.05) is 13.1 Å². The molecular weight excluding hydrogens is 478 g/mol. The average molecular weight is 516 g/mol. The Morgan fingerprint density at radius 1 is 0.947 bits per heavy atom. The number of amides is 4. The second-order valence-corrected chi connectivity index (χ2v) is 10.2. The zero-order chi connectivity index (χ0) is 27.1. The van der Waals surface area contributed by atoms with Crippen molar-refractivity contribution in [1.29, 1.82) is 0 Å². The highest BCUT2D eigenvalue weighted by atomic mass is 16.2. The zero-order valence-corrected chi connectivity index (χ0v) is 22.3. The molecule has 38 heavy (non-hydrogen) atoms. The van der Waals surface area contributed by atoms with Crippen LogP contribution >= 0.6 is 0 Å². The van der Waals surface area contributed by atoms with Crippen molar-refractivity contribution in [1.82, 2.24) is 15.1 Å². The van der Waals surface area contributed by atoms with Crippen LogP contribution in [0.5, 0.6) is 0 Å². The first-order chi connectivity index (χ1) is 18.4. The third-order valence-corrected chi connectivity index (χ3v) is 7.44. The summed E-state index contributed by atoms with van der Waals surface area (Å²) in [4.78, 5) is 55.9. The third kappa shape index (κ3) is 6.39. The van der Waals surface area contributed by atoms with Gasteiger partial charge in [-0.2, -0.15) is 0 Å². The van der Waals surface area contributed by atoms with E-state index >= 15 is 0 Å². The number of aryl methyl sites for hydroxylation is 1. The molecule has 4 rings (SSSR count). The van der Waals surface area contributed by atoms with E-state index in [9.17, 15) is 19.2 Å². The molecule has 4 amide bonds. The van der Waals surface area contributed by atoms with E-state index in [0.717, 1.165) is 23.1 Å². The van der Waals surface area contributed by atoms with Crippen LogP contribution in [0.4, 0.5) is 0 Å². The van der Waals surface area contributed by atoms with Crippen molar-refractivity contribution >= 4 is 23.6 Å². The maximum atomic E-state index is 13.8. The topological polar surface area (TPSA) is 86.8 Å². The molecule has 2 aromatic rings. The SMILES string of the molecule is CCCNC(=O)[C@@H](Cc1ccccc1)N(Cc1ccc(C)cc1)C(=O)CCN1C(=O)[C@H]2CC=CC[C@H]2C1=O. The van der Waals surface area contributed by atoms with Gasteiger partial charge < -0.3 is 10.2 Å². The van der Waals surface area contributed by atoms with E-state index in [1.54, 1.807) is 4.90 Å². The van der Waals surface area contributed by atoms with E-state index in [1.165, 1.54) is 4.90 Å². The molecule has 3 atom stereocenters. The fourth-order valence-electron chi connectivity index (χ4n) is 5.25. The molecule has 2 aromatic carbocycles. The zero-order valence-electron chi connectivity index (χ0n) is 22.3. The van der Waals surface area contributed by atoms with Crippen molar-refractivity contribution < 1.29 is 19.2 Å².